The summed E-state index contributed by atoms with van der Waals surface area (Å²) in [5, 5.41) is 0.850. The number of hydrogen-bond donors (Lipinski definition) is 0. The first-order valence-electron chi connectivity index (χ1n) is 7.81. The molecule has 4 aromatic rings. The predicted octanol–water partition coefficient (Wildman–Crippen LogP) is 3.21. The highest BCUT2D eigenvalue weighted by atomic mass is 32.1. The number of thiophene rings is 1. The molecule has 26 heavy (non-hydrogen) atoms. The maximum Gasteiger partial charge on any atom is 0.275 e. The number of rotatable bonds is 3. The van der Waals surface area contributed by atoms with Gasteiger partial charge in [-0.15, -0.1) is 11.3 Å². The highest BCUT2D eigenvalue weighted by Gasteiger charge is 2.17. The molecular formula is C18H15FN4O2S. The van der Waals surface area contributed by atoms with Crippen molar-refractivity contribution in [2.45, 2.75) is 0 Å². The van der Waals surface area contributed by atoms with E-state index in [0.29, 0.717) is 15.9 Å². The zero-order valence-electron chi connectivity index (χ0n) is 14.4. The summed E-state index contributed by atoms with van der Waals surface area (Å²) in [4.78, 5) is 24.5. The van der Waals surface area contributed by atoms with Crippen molar-refractivity contribution in [1.29, 1.82) is 0 Å². The zero-order chi connectivity index (χ0) is 18.4. The number of halogens is 1. The van der Waals surface area contributed by atoms with Gasteiger partial charge < -0.3 is 9.64 Å². The van der Waals surface area contributed by atoms with Gasteiger partial charge in [-0.25, -0.2) is 14.4 Å². The minimum atomic E-state index is -0.537. The molecule has 3 heterocycles. The fourth-order valence-corrected chi connectivity index (χ4v) is 3.95. The molecule has 0 aliphatic carbocycles. The van der Waals surface area contributed by atoms with Crippen LogP contribution in [-0.2, 0) is 0 Å². The Morgan fingerprint density at radius 3 is 2.73 bits per heavy atom. The normalized spacial score (nSPS) is 11.2. The summed E-state index contributed by atoms with van der Waals surface area (Å²) in [6, 6.07) is 6.25. The van der Waals surface area contributed by atoms with Gasteiger partial charge in [-0.1, -0.05) is 0 Å². The monoisotopic (exact) mass is 370 g/mol. The van der Waals surface area contributed by atoms with Crippen molar-refractivity contribution in [1.82, 2.24) is 14.5 Å². The lowest BCUT2D eigenvalue weighted by molar-refractivity contribution is 0.386. The fraction of sp³-hybridized carbons (Fsp3) is 0.167. The average Bonchev–Trinajstić information content (AvgIpc) is 3.01. The van der Waals surface area contributed by atoms with Crippen LogP contribution in [0.15, 0.2) is 41.6 Å². The molecule has 3 aromatic heterocycles. The van der Waals surface area contributed by atoms with E-state index < -0.39 is 5.82 Å². The van der Waals surface area contributed by atoms with Crippen molar-refractivity contribution in [3.05, 3.63) is 53.0 Å². The molecule has 132 valence electrons. The zero-order valence-corrected chi connectivity index (χ0v) is 15.2. The number of aromatic nitrogens is 3. The molecule has 1 aromatic carbocycles. The lowest BCUT2D eigenvalue weighted by Crippen LogP contribution is -2.18. The SMILES string of the molecule is COc1ccc(-n2cnc3c(sc4nccc(N(C)C)c43)c2=O)cc1F. The quantitative estimate of drug-likeness (QED) is 0.554. The first-order valence-corrected chi connectivity index (χ1v) is 8.63. The molecule has 6 nitrogen and oxygen atoms in total. The van der Waals surface area contributed by atoms with Crippen molar-refractivity contribution in [3.63, 3.8) is 0 Å². The van der Waals surface area contributed by atoms with Crippen molar-refractivity contribution < 1.29 is 9.13 Å². The molecular weight excluding hydrogens is 355 g/mol. The molecule has 4 rings (SSSR count). The number of fused-ring (bicyclic) bond motifs is 3. The van der Waals surface area contributed by atoms with Gasteiger partial charge in [0.15, 0.2) is 11.6 Å². The minimum absolute atomic E-state index is 0.123. The summed E-state index contributed by atoms with van der Waals surface area (Å²) >= 11 is 1.29. The second-order valence-electron chi connectivity index (χ2n) is 5.92. The second-order valence-corrected chi connectivity index (χ2v) is 6.92. The molecule has 0 spiro atoms. The van der Waals surface area contributed by atoms with E-state index in [4.69, 9.17) is 4.74 Å². The smallest absolute Gasteiger partial charge is 0.275 e. The molecule has 0 atom stereocenters. The van der Waals surface area contributed by atoms with E-state index in [9.17, 15) is 9.18 Å². The molecule has 0 unspecified atom stereocenters. The van der Waals surface area contributed by atoms with E-state index in [1.54, 1.807) is 12.3 Å². The van der Waals surface area contributed by atoms with Crippen molar-refractivity contribution in [2.24, 2.45) is 0 Å². The van der Waals surface area contributed by atoms with E-state index in [1.807, 2.05) is 25.1 Å². The van der Waals surface area contributed by atoms with Gasteiger partial charge in [-0.2, -0.15) is 0 Å². The predicted molar refractivity (Wildman–Crippen MR) is 101 cm³/mol. The highest BCUT2D eigenvalue weighted by molar-refractivity contribution is 7.25. The van der Waals surface area contributed by atoms with Gasteiger partial charge in [0.2, 0.25) is 0 Å². The molecule has 0 aliphatic rings. The van der Waals surface area contributed by atoms with Crippen LogP contribution in [0.25, 0.3) is 26.1 Å². The number of benzene rings is 1. The molecule has 0 saturated carbocycles. The highest BCUT2D eigenvalue weighted by Crippen LogP contribution is 2.35. The number of nitrogens with zero attached hydrogens (tertiary/aromatic N) is 4. The summed E-state index contributed by atoms with van der Waals surface area (Å²) in [7, 11) is 5.25. The third kappa shape index (κ3) is 2.41. The van der Waals surface area contributed by atoms with Gasteiger partial charge in [0, 0.05) is 26.4 Å². The summed E-state index contributed by atoms with van der Waals surface area (Å²) in [6.45, 7) is 0. The Hall–Kier alpha value is -3.00. The van der Waals surface area contributed by atoms with E-state index in [0.717, 1.165) is 15.9 Å². The number of hydrogen-bond acceptors (Lipinski definition) is 6. The van der Waals surface area contributed by atoms with E-state index >= 15 is 0 Å². The van der Waals surface area contributed by atoms with Crippen molar-refractivity contribution in [2.75, 3.05) is 26.1 Å². The Morgan fingerprint density at radius 2 is 2.04 bits per heavy atom. The molecule has 0 fully saturated rings. The number of ether oxygens (including phenoxy) is 1. The molecule has 0 saturated heterocycles. The Bertz CT molecular complexity index is 1200. The van der Waals surface area contributed by atoms with Crippen LogP contribution in [0.4, 0.5) is 10.1 Å². The lowest BCUT2D eigenvalue weighted by Gasteiger charge is -2.13. The van der Waals surface area contributed by atoms with Crippen LogP contribution in [0.3, 0.4) is 0 Å². The molecule has 0 radical (unpaired) electrons. The maximum atomic E-state index is 14.0. The molecule has 8 heteroatoms. The van der Waals surface area contributed by atoms with Gasteiger partial charge in [0.05, 0.1) is 29.4 Å². The van der Waals surface area contributed by atoms with E-state index in [-0.39, 0.29) is 11.3 Å². The van der Waals surface area contributed by atoms with E-state index in [2.05, 4.69) is 9.97 Å². The summed E-state index contributed by atoms with van der Waals surface area (Å²) < 4.78 is 20.8. The minimum Gasteiger partial charge on any atom is -0.494 e. The van der Waals surface area contributed by atoms with Gasteiger partial charge in [0.1, 0.15) is 15.9 Å². The van der Waals surface area contributed by atoms with Crippen molar-refractivity contribution >= 4 is 37.5 Å². The Kier molecular flexibility index (Phi) is 3.84. The third-order valence-electron chi connectivity index (χ3n) is 4.16. The lowest BCUT2D eigenvalue weighted by atomic mass is 10.2. The standard InChI is InChI=1S/C18H15FN4O2S/c1-22(2)12-6-7-20-17-14(12)15-16(26-17)18(24)23(9-21-15)10-4-5-13(25-3)11(19)8-10/h4-9H,1-3H3. The molecule has 0 N–H and O–H groups in total. The Balaban J connectivity index is 1.99. The maximum absolute atomic E-state index is 14.0. The number of methoxy groups -OCH3 is 1. The first kappa shape index (κ1) is 16.5. The van der Waals surface area contributed by atoms with Crippen LogP contribution in [0, 0.1) is 5.82 Å². The van der Waals surface area contributed by atoms with Crippen LogP contribution in [0.1, 0.15) is 0 Å². The summed E-state index contributed by atoms with van der Waals surface area (Å²) in [5.74, 6) is -0.414. The molecule has 0 bridgehead atoms. The van der Waals surface area contributed by atoms with Crippen molar-refractivity contribution in [3.8, 4) is 11.4 Å². The summed E-state index contributed by atoms with van der Waals surface area (Å²) in [6.07, 6.45) is 3.13. The van der Waals surface area contributed by atoms with Gasteiger partial charge in [-0.3, -0.25) is 9.36 Å². The van der Waals surface area contributed by atoms with Gasteiger partial charge in [-0.05, 0) is 18.2 Å². The van der Waals surface area contributed by atoms with Crippen LogP contribution in [0.5, 0.6) is 5.75 Å². The van der Waals surface area contributed by atoms with Gasteiger partial charge in [0.25, 0.3) is 5.56 Å². The number of pyridine rings is 1. The van der Waals surface area contributed by atoms with Crippen LogP contribution < -0.4 is 15.2 Å². The topological polar surface area (TPSA) is 60.2 Å². The first-order chi connectivity index (χ1) is 12.5. The summed E-state index contributed by atoms with van der Waals surface area (Å²) in [5.41, 5.74) is 1.69. The van der Waals surface area contributed by atoms with Crippen LogP contribution in [0.2, 0.25) is 0 Å². The molecule has 0 amide bonds. The largest absolute Gasteiger partial charge is 0.494 e. The van der Waals surface area contributed by atoms with Crippen LogP contribution in [-0.4, -0.2) is 35.7 Å². The third-order valence-corrected chi connectivity index (χ3v) is 5.23. The second kappa shape index (κ2) is 6.06. The molecule has 0 aliphatic heterocycles. The van der Waals surface area contributed by atoms with Crippen LogP contribution >= 0.6 is 11.3 Å². The fourth-order valence-electron chi connectivity index (χ4n) is 2.90. The Morgan fingerprint density at radius 1 is 1.23 bits per heavy atom. The Labute approximate surface area is 152 Å². The number of anilines is 1. The van der Waals surface area contributed by atoms with Gasteiger partial charge >= 0.3 is 0 Å². The average molecular weight is 370 g/mol. The van der Waals surface area contributed by atoms with E-state index in [1.165, 1.54) is 41.5 Å².